The molecular weight excluding hydrogens is 390 g/mol. The van der Waals surface area contributed by atoms with Gasteiger partial charge in [0.05, 0.1) is 5.69 Å². The fraction of sp³-hybridized carbons (Fsp3) is 0.448. The third-order valence-electron chi connectivity index (χ3n) is 6.05. The van der Waals surface area contributed by atoms with Gasteiger partial charge in [-0.3, -0.25) is 0 Å². The minimum absolute atomic E-state index is 0.789. The number of anilines is 1. The molecule has 0 amide bonds. The summed E-state index contributed by atoms with van der Waals surface area (Å²) >= 11 is 0. The minimum Gasteiger partial charge on any atom is -0.360 e. The maximum atomic E-state index is 4.91. The third kappa shape index (κ3) is 7.78. The fourth-order valence-corrected chi connectivity index (χ4v) is 4.05. The van der Waals surface area contributed by atoms with Crippen molar-refractivity contribution in [3.63, 3.8) is 0 Å². The molecule has 0 atom stereocenters. The van der Waals surface area contributed by atoms with Crippen LogP contribution < -0.4 is 4.90 Å². The van der Waals surface area contributed by atoms with Crippen LogP contribution in [0.25, 0.3) is 22.6 Å². The standard InChI is InChI=1S/C29H39N3/c1-3-4-5-6-7-8-9-10-11-18-23-32(2)28-24-27(25-19-14-12-15-20-25)30-29(31-28)26-21-16-13-17-22-26/h12-17,19-22,24H,3-11,18,23H2,1-2H3. The van der Waals surface area contributed by atoms with Crippen molar-refractivity contribution < 1.29 is 0 Å². The largest absolute Gasteiger partial charge is 0.360 e. The smallest absolute Gasteiger partial charge is 0.162 e. The van der Waals surface area contributed by atoms with Crippen LogP contribution in [0.15, 0.2) is 66.7 Å². The lowest BCUT2D eigenvalue weighted by Gasteiger charge is -2.20. The van der Waals surface area contributed by atoms with Gasteiger partial charge in [-0.25, -0.2) is 9.97 Å². The highest BCUT2D eigenvalue weighted by Crippen LogP contribution is 2.26. The van der Waals surface area contributed by atoms with Crippen molar-refractivity contribution in [1.29, 1.82) is 0 Å². The number of nitrogens with zero attached hydrogens (tertiary/aromatic N) is 3. The molecule has 3 aromatic rings. The predicted octanol–water partition coefficient (Wildman–Crippen LogP) is 8.17. The van der Waals surface area contributed by atoms with Gasteiger partial charge >= 0.3 is 0 Å². The molecule has 0 saturated heterocycles. The monoisotopic (exact) mass is 429 g/mol. The number of hydrogen-bond acceptors (Lipinski definition) is 3. The highest BCUT2D eigenvalue weighted by molar-refractivity contribution is 5.67. The molecule has 3 rings (SSSR count). The second-order valence-corrected chi connectivity index (χ2v) is 8.77. The maximum absolute atomic E-state index is 4.91. The zero-order valence-electron chi connectivity index (χ0n) is 20.0. The Kier molecular flexibility index (Phi) is 10.2. The second kappa shape index (κ2) is 13.7. The predicted molar refractivity (Wildman–Crippen MR) is 138 cm³/mol. The molecule has 170 valence electrons. The van der Waals surface area contributed by atoms with Crippen molar-refractivity contribution in [2.75, 3.05) is 18.5 Å². The van der Waals surface area contributed by atoms with E-state index in [1.165, 1.54) is 64.2 Å². The molecule has 1 heterocycles. The first-order valence-corrected chi connectivity index (χ1v) is 12.5. The highest BCUT2D eigenvalue weighted by atomic mass is 15.2. The molecular formula is C29H39N3. The lowest BCUT2D eigenvalue weighted by atomic mass is 10.1. The lowest BCUT2D eigenvalue weighted by Crippen LogP contribution is -2.20. The van der Waals surface area contributed by atoms with E-state index >= 15 is 0 Å². The van der Waals surface area contributed by atoms with Crippen molar-refractivity contribution in [2.24, 2.45) is 0 Å². The highest BCUT2D eigenvalue weighted by Gasteiger charge is 2.11. The van der Waals surface area contributed by atoms with Gasteiger partial charge in [-0.15, -0.1) is 0 Å². The number of benzene rings is 2. The van der Waals surface area contributed by atoms with Crippen LogP contribution in [0.1, 0.15) is 71.1 Å². The van der Waals surface area contributed by atoms with E-state index in [1.54, 1.807) is 0 Å². The molecule has 0 fully saturated rings. The molecule has 0 radical (unpaired) electrons. The van der Waals surface area contributed by atoms with Crippen LogP contribution in [0, 0.1) is 0 Å². The molecule has 1 aromatic heterocycles. The lowest BCUT2D eigenvalue weighted by molar-refractivity contribution is 0.556. The Bertz CT molecular complexity index is 835. The summed E-state index contributed by atoms with van der Waals surface area (Å²) in [5.74, 6) is 1.78. The van der Waals surface area contributed by atoms with E-state index in [2.05, 4.69) is 61.3 Å². The summed E-state index contributed by atoms with van der Waals surface area (Å²) in [6.07, 6.45) is 13.6. The van der Waals surface area contributed by atoms with Gasteiger partial charge in [0.2, 0.25) is 0 Å². The molecule has 3 heteroatoms. The van der Waals surface area contributed by atoms with Crippen LogP contribution in [0.3, 0.4) is 0 Å². The van der Waals surface area contributed by atoms with Gasteiger partial charge in [0.15, 0.2) is 5.82 Å². The maximum Gasteiger partial charge on any atom is 0.162 e. The molecule has 0 spiro atoms. The summed E-state index contributed by atoms with van der Waals surface area (Å²) in [5.41, 5.74) is 3.16. The van der Waals surface area contributed by atoms with E-state index in [4.69, 9.17) is 9.97 Å². The average molecular weight is 430 g/mol. The SMILES string of the molecule is CCCCCCCCCCCCN(C)c1cc(-c2ccccc2)nc(-c2ccccc2)n1. The molecule has 0 aliphatic rings. The Morgan fingerprint density at radius 1 is 0.625 bits per heavy atom. The van der Waals surface area contributed by atoms with Crippen molar-refractivity contribution in [3.05, 3.63) is 66.7 Å². The first kappa shape index (κ1) is 24.0. The molecule has 0 aliphatic heterocycles. The Morgan fingerprint density at radius 3 is 1.75 bits per heavy atom. The third-order valence-corrected chi connectivity index (χ3v) is 6.05. The van der Waals surface area contributed by atoms with E-state index < -0.39 is 0 Å². The van der Waals surface area contributed by atoms with Crippen LogP contribution in [0.5, 0.6) is 0 Å². The quantitative estimate of drug-likeness (QED) is 0.242. The summed E-state index contributed by atoms with van der Waals surface area (Å²) in [6, 6.07) is 22.8. The van der Waals surface area contributed by atoms with Crippen molar-refractivity contribution >= 4 is 5.82 Å². The average Bonchev–Trinajstić information content (AvgIpc) is 2.86. The van der Waals surface area contributed by atoms with E-state index in [1.807, 2.05) is 24.3 Å². The van der Waals surface area contributed by atoms with Crippen molar-refractivity contribution in [1.82, 2.24) is 9.97 Å². The Hall–Kier alpha value is -2.68. The summed E-state index contributed by atoms with van der Waals surface area (Å²) in [7, 11) is 2.15. The zero-order chi connectivity index (χ0) is 22.4. The number of hydrogen-bond donors (Lipinski definition) is 0. The topological polar surface area (TPSA) is 29.0 Å². The summed E-state index contributed by atoms with van der Waals surface area (Å²) in [6.45, 7) is 3.30. The summed E-state index contributed by atoms with van der Waals surface area (Å²) in [5, 5.41) is 0. The number of aromatic nitrogens is 2. The van der Waals surface area contributed by atoms with Gasteiger partial charge in [-0.05, 0) is 6.42 Å². The van der Waals surface area contributed by atoms with Crippen molar-refractivity contribution in [3.8, 4) is 22.6 Å². The Balaban J connectivity index is 1.56. The normalized spacial score (nSPS) is 10.9. The van der Waals surface area contributed by atoms with Crippen molar-refractivity contribution in [2.45, 2.75) is 71.1 Å². The van der Waals surface area contributed by atoms with Gasteiger partial charge < -0.3 is 4.90 Å². The van der Waals surface area contributed by atoms with Crippen LogP contribution >= 0.6 is 0 Å². The van der Waals surface area contributed by atoms with E-state index in [0.29, 0.717) is 0 Å². The van der Waals surface area contributed by atoms with Gasteiger partial charge in [0, 0.05) is 30.8 Å². The Labute approximate surface area is 194 Å². The number of rotatable bonds is 14. The van der Waals surface area contributed by atoms with Gasteiger partial charge in [-0.1, -0.05) is 125 Å². The molecule has 0 N–H and O–H groups in total. The minimum atomic E-state index is 0.789. The van der Waals surface area contributed by atoms with Gasteiger partial charge in [0.25, 0.3) is 0 Å². The molecule has 3 nitrogen and oxygen atoms in total. The van der Waals surface area contributed by atoms with Gasteiger partial charge in [0.1, 0.15) is 5.82 Å². The van der Waals surface area contributed by atoms with Crippen LogP contribution in [0.4, 0.5) is 5.82 Å². The molecule has 32 heavy (non-hydrogen) atoms. The molecule has 2 aromatic carbocycles. The van der Waals surface area contributed by atoms with Crippen LogP contribution in [0.2, 0.25) is 0 Å². The van der Waals surface area contributed by atoms with Crippen LogP contribution in [-0.2, 0) is 0 Å². The van der Waals surface area contributed by atoms with Gasteiger partial charge in [-0.2, -0.15) is 0 Å². The number of unbranched alkanes of at least 4 members (excludes halogenated alkanes) is 9. The second-order valence-electron chi connectivity index (χ2n) is 8.77. The first-order valence-electron chi connectivity index (χ1n) is 12.5. The molecule has 0 saturated carbocycles. The zero-order valence-corrected chi connectivity index (χ0v) is 20.0. The summed E-state index contributed by atoms with van der Waals surface area (Å²) in [4.78, 5) is 12.1. The Morgan fingerprint density at radius 2 is 1.16 bits per heavy atom. The van der Waals surface area contributed by atoms with Crippen LogP contribution in [-0.4, -0.2) is 23.6 Å². The first-order chi connectivity index (χ1) is 15.8. The van der Waals surface area contributed by atoms with E-state index in [-0.39, 0.29) is 0 Å². The summed E-state index contributed by atoms with van der Waals surface area (Å²) < 4.78 is 0. The van der Waals surface area contributed by atoms with E-state index in [0.717, 1.165) is 35.0 Å². The van der Waals surface area contributed by atoms with E-state index in [9.17, 15) is 0 Å². The molecule has 0 aliphatic carbocycles. The fourth-order valence-electron chi connectivity index (χ4n) is 4.05. The molecule has 0 bridgehead atoms. The molecule has 0 unspecified atom stereocenters.